The maximum Gasteiger partial charge on any atom is 0.255 e. The molecule has 3 heterocycles. The number of aryl methyl sites for hydroxylation is 1. The lowest BCUT2D eigenvalue weighted by Crippen LogP contribution is -2.53. The number of hydrogen-bond donors (Lipinski definition) is 2. The van der Waals surface area contributed by atoms with Gasteiger partial charge in [-0.3, -0.25) is 9.59 Å². The molecule has 0 saturated carbocycles. The first-order valence-electron chi connectivity index (χ1n) is 12.9. The Labute approximate surface area is 208 Å². The zero-order valence-corrected chi connectivity index (χ0v) is 21.0. The lowest BCUT2D eigenvalue weighted by molar-refractivity contribution is -0.135. The molecule has 35 heavy (non-hydrogen) atoms. The number of aromatic nitrogens is 1. The fraction of sp³-hybridized carbons (Fsp3) is 0.536. The lowest BCUT2D eigenvalue weighted by Gasteiger charge is -2.42. The largest absolute Gasteiger partial charge is 0.491 e. The van der Waals surface area contributed by atoms with Crippen molar-refractivity contribution in [3.05, 3.63) is 53.7 Å². The molecule has 1 aromatic carbocycles. The Bertz CT molecular complexity index is 1010. The average molecular weight is 479 g/mol. The van der Waals surface area contributed by atoms with Crippen molar-refractivity contribution in [2.24, 2.45) is 11.3 Å². The van der Waals surface area contributed by atoms with Gasteiger partial charge in [0.15, 0.2) is 0 Å². The predicted octanol–water partition coefficient (Wildman–Crippen LogP) is 4.22. The third-order valence-corrected chi connectivity index (χ3v) is 7.38. The molecule has 1 spiro atoms. The second-order valence-electron chi connectivity index (χ2n) is 10.5. The number of likely N-dealkylation sites (tertiary alicyclic amines) is 1. The quantitative estimate of drug-likeness (QED) is 0.688. The number of nitrogens with one attached hydrogen (secondary N) is 1. The number of carbonyl (C=O) groups excluding carboxylic acids is 2. The van der Waals surface area contributed by atoms with Crippen LogP contribution in [0.5, 0.6) is 5.75 Å². The van der Waals surface area contributed by atoms with E-state index in [4.69, 9.17) is 10.5 Å². The molecule has 2 aliphatic rings. The molecule has 0 aliphatic carbocycles. The number of para-hydroxylation sites is 1. The van der Waals surface area contributed by atoms with E-state index in [1.54, 1.807) is 12.1 Å². The summed E-state index contributed by atoms with van der Waals surface area (Å²) in [6, 6.07) is 11.5. The summed E-state index contributed by atoms with van der Waals surface area (Å²) < 4.78 is 6.22. The number of carbonyl (C=O) groups is 2. The number of ether oxygens (including phenoxy) is 1. The molecule has 2 aliphatic heterocycles. The van der Waals surface area contributed by atoms with Crippen molar-refractivity contribution in [3.63, 3.8) is 0 Å². The van der Waals surface area contributed by atoms with Crippen molar-refractivity contribution in [1.29, 1.82) is 0 Å². The van der Waals surface area contributed by atoms with Crippen LogP contribution in [0.1, 0.15) is 68.3 Å². The highest BCUT2D eigenvalue weighted by Crippen LogP contribution is 2.38. The fourth-order valence-electron chi connectivity index (χ4n) is 5.34. The molecule has 0 unspecified atom stereocenters. The minimum Gasteiger partial charge on any atom is -0.491 e. The number of rotatable bonds is 3. The Hall–Kier alpha value is -3.09. The van der Waals surface area contributed by atoms with Crippen LogP contribution in [-0.4, -0.2) is 47.4 Å². The van der Waals surface area contributed by atoms with Crippen molar-refractivity contribution in [3.8, 4) is 5.75 Å². The summed E-state index contributed by atoms with van der Waals surface area (Å²) in [6.07, 6.45) is 7.46. The Balaban J connectivity index is 1.49. The molecular formula is C28H38N4O3. The van der Waals surface area contributed by atoms with Crippen LogP contribution in [0.25, 0.3) is 0 Å². The molecule has 2 amide bonds. The van der Waals surface area contributed by atoms with E-state index in [9.17, 15) is 9.59 Å². The van der Waals surface area contributed by atoms with Crippen molar-refractivity contribution in [2.45, 2.75) is 64.8 Å². The Morgan fingerprint density at radius 2 is 1.94 bits per heavy atom. The standard InChI is InChI=1S/C28H38N4O3/c1-20(2)17-23-19-35-24-9-4-3-7-21(24)8-5-6-12-28(27(34)31-23)13-15-32(16-14-28)26(33)22-10-11-25(29)30-18-22/h3-4,7,9-11,18,20,23H,5-6,8,12-17,19H2,1-2H3,(H2,29,30)(H,31,34)/t23-/m0/s1. The highest BCUT2D eigenvalue weighted by molar-refractivity contribution is 5.94. The smallest absolute Gasteiger partial charge is 0.255 e. The molecule has 4 rings (SSSR count). The predicted molar refractivity (Wildman–Crippen MR) is 137 cm³/mol. The van der Waals surface area contributed by atoms with Crippen molar-refractivity contribution in [2.75, 3.05) is 25.4 Å². The number of nitrogen functional groups attached to an aromatic ring is 1. The highest BCUT2D eigenvalue weighted by atomic mass is 16.5. The van der Waals surface area contributed by atoms with Gasteiger partial charge < -0.3 is 20.7 Å². The third-order valence-electron chi connectivity index (χ3n) is 7.38. The maximum absolute atomic E-state index is 13.7. The van der Waals surface area contributed by atoms with Crippen LogP contribution in [0.15, 0.2) is 42.6 Å². The van der Waals surface area contributed by atoms with Gasteiger partial charge >= 0.3 is 0 Å². The summed E-state index contributed by atoms with van der Waals surface area (Å²) >= 11 is 0. The van der Waals surface area contributed by atoms with Crippen LogP contribution in [0.2, 0.25) is 0 Å². The molecule has 7 nitrogen and oxygen atoms in total. The minimum absolute atomic E-state index is 0.0487. The van der Waals surface area contributed by atoms with Gasteiger partial charge in [0.1, 0.15) is 18.2 Å². The first-order valence-corrected chi connectivity index (χ1v) is 12.9. The molecule has 1 saturated heterocycles. The van der Waals surface area contributed by atoms with Gasteiger partial charge in [-0.25, -0.2) is 4.98 Å². The molecule has 1 aromatic heterocycles. The molecule has 0 radical (unpaired) electrons. The summed E-state index contributed by atoms with van der Waals surface area (Å²) in [6.45, 7) is 5.92. The minimum atomic E-state index is -0.454. The summed E-state index contributed by atoms with van der Waals surface area (Å²) in [5.74, 6) is 1.82. The van der Waals surface area contributed by atoms with Crippen molar-refractivity contribution >= 4 is 17.6 Å². The van der Waals surface area contributed by atoms with Gasteiger partial charge in [-0.15, -0.1) is 0 Å². The Kier molecular flexibility index (Phi) is 7.93. The van der Waals surface area contributed by atoms with Crippen LogP contribution in [-0.2, 0) is 11.2 Å². The number of piperidine rings is 1. The van der Waals surface area contributed by atoms with E-state index < -0.39 is 5.41 Å². The second-order valence-corrected chi connectivity index (χ2v) is 10.5. The third kappa shape index (κ3) is 6.13. The van der Waals surface area contributed by atoms with E-state index in [1.165, 1.54) is 11.8 Å². The number of nitrogens with two attached hydrogens (primary N) is 1. The first-order chi connectivity index (χ1) is 16.9. The first kappa shape index (κ1) is 25.0. The number of pyridine rings is 1. The van der Waals surface area contributed by atoms with E-state index in [0.29, 0.717) is 49.8 Å². The van der Waals surface area contributed by atoms with Gasteiger partial charge in [0.2, 0.25) is 5.91 Å². The van der Waals surface area contributed by atoms with Gasteiger partial charge in [0, 0.05) is 19.3 Å². The Morgan fingerprint density at radius 3 is 2.66 bits per heavy atom. The Morgan fingerprint density at radius 1 is 1.17 bits per heavy atom. The number of anilines is 1. The van der Waals surface area contributed by atoms with E-state index in [0.717, 1.165) is 37.9 Å². The summed E-state index contributed by atoms with van der Waals surface area (Å²) in [4.78, 5) is 32.6. The van der Waals surface area contributed by atoms with E-state index in [-0.39, 0.29) is 17.9 Å². The van der Waals surface area contributed by atoms with Crippen molar-refractivity contribution in [1.82, 2.24) is 15.2 Å². The van der Waals surface area contributed by atoms with Gasteiger partial charge in [0.05, 0.1) is 17.0 Å². The molecule has 2 aromatic rings. The van der Waals surface area contributed by atoms with Crippen molar-refractivity contribution < 1.29 is 14.3 Å². The average Bonchev–Trinajstić information content (AvgIpc) is 2.85. The molecule has 3 N–H and O–H groups in total. The summed E-state index contributed by atoms with van der Waals surface area (Å²) in [5, 5.41) is 3.35. The lowest BCUT2D eigenvalue weighted by atomic mass is 9.73. The van der Waals surface area contributed by atoms with E-state index >= 15 is 0 Å². The zero-order valence-electron chi connectivity index (χ0n) is 21.0. The van der Waals surface area contributed by atoms with Crippen LogP contribution < -0.4 is 15.8 Å². The molecule has 1 fully saturated rings. The number of hydrogen-bond acceptors (Lipinski definition) is 5. The molecule has 188 valence electrons. The molecular weight excluding hydrogens is 440 g/mol. The SMILES string of the molecule is CC(C)C[C@H]1COc2ccccc2CCCCC2(CCN(C(=O)c3ccc(N)nc3)CC2)C(=O)N1. The van der Waals surface area contributed by atoms with Gasteiger partial charge in [-0.05, 0) is 68.2 Å². The maximum atomic E-state index is 13.7. The van der Waals surface area contributed by atoms with E-state index in [2.05, 4.69) is 36.3 Å². The topological polar surface area (TPSA) is 97.6 Å². The number of benzene rings is 1. The van der Waals surface area contributed by atoms with E-state index in [1.807, 2.05) is 17.0 Å². The monoisotopic (exact) mass is 478 g/mol. The number of fused-ring (bicyclic) bond motifs is 1. The van der Waals surface area contributed by atoms with Crippen LogP contribution in [0.3, 0.4) is 0 Å². The highest BCUT2D eigenvalue weighted by Gasteiger charge is 2.42. The fourth-order valence-corrected chi connectivity index (χ4v) is 5.34. The van der Waals surface area contributed by atoms with Gasteiger partial charge in [-0.2, -0.15) is 0 Å². The van der Waals surface area contributed by atoms with Crippen LogP contribution >= 0.6 is 0 Å². The normalized spacial score (nSPS) is 20.8. The van der Waals surface area contributed by atoms with Crippen LogP contribution in [0, 0.1) is 11.3 Å². The molecule has 0 bridgehead atoms. The number of nitrogens with zero attached hydrogens (tertiary/aromatic N) is 2. The van der Waals surface area contributed by atoms with Gasteiger partial charge in [0.25, 0.3) is 5.91 Å². The molecule has 1 atom stereocenters. The summed E-state index contributed by atoms with van der Waals surface area (Å²) in [5.41, 5.74) is 6.97. The van der Waals surface area contributed by atoms with Gasteiger partial charge in [-0.1, -0.05) is 38.5 Å². The summed E-state index contributed by atoms with van der Waals surface area (Å²) in [7, 11) is 0. The molecule has 7 heteroatoms. The zero-order chi connectivity index (χ0) is 24.8. The van der Waals surface area contributed by atoms with Crippen LogP contribution in [0.4, 0.5) is 5.82 Å². The number of amides is 2. The second kappa shape index (κ2) is 11.1.